The summed E-state index contributed by atoms with van der Waals surface area (Å²) in [6.07, 6.45) is 1.97. The van der Waals surface area contributed by atoms with E-state index in [1.54, 1.807) is 0 Å². The van der Waals surface area contributed by atoms with Crippen LogP contribution in [0.5, 0.6) is 0 Å². The minimum Gasteiger partial charge on any atom is -0.378 e. The second-order valence-corrected chi connectivity index (χ2v) is 5.35. The molecule has 1 aliphatic heterocycles. The maximum atomic E-state index is 5.79. The third-order valence-electron chi connectivity index (χ3n) is 3.99. The Morgan fingerprint density at radius 3 is 2.90 bits per heavy atom. The number of nitrogens with two attached hydrogens (primary N) is 1. The normalized spacial score (nSPS) is 17.4. The first-order chi connectivity index (χ1) is 9.79. The van der Waals surface area contributed by atoms with Gasteiger partial charge in [-0.05, 0) is 24.1 Å². The van der Waals surface area contributed by atoms with Crippen LogP contribution in [0.4, 0.5) is 5.69 Å². The van der Waals surface area contributed by atoms with Crippen LogP contribution in [0.1, 0.15) is 18.4 Å². The SMILES string of the molecule is CC(CN)c1cccc2cc(N3CCOCC3)cnc12. The highest BCUT2D eigenvalue weighted by molar-refractivity contribution is 5.85. The highest BCUT2D eigenvalue weighted by Crippen LogP contribution is 2.26. The van der Waals surface area contributed by atoms with Crippen molar-refractivity contribution in [3.63, 3.8) is 0 Å². The van der Waals surface area contributed by atoms with Crippen LogP contribution < -0.4 is 10.6 Å². The van der Waals surface area contributed by atoms with Gasteiger partial charge in [0.2, 0.25) is 0 Å². The summed E-state index contributed by atoms with van der Waals surface area (Å²) in [7, 11) is 0. The van der Waals surface area contributed by atoms with E-state index in [-0.39, 0.29) is 0 Å². The number of hydrogen-bond acceptors (Lipinski definition) is 4. The molecule has 1 atom stereocenters. The summed E-state index contributed by atoms with van der Waals surface area (Å²) in [5.74, 6) is 0.334. The van der Waals surface area contributed by atoms with Gasteiger partial charge in [0.15, 0.2) is 0 Å². The van der Waals surface area contributed by atoms with E-state index in [0.29, 0.717) is 12.5 Å². The summed E-state index contributed by atoms with van der Waals surface area (Å²) in [4.78, 5) is 7.02. The average Bonchev–Trinajstić information content (AvgIpc) is 2.54. The number of anilines is 1. The van der Waals surface area contributed by atoms with Crippen molar-refractivity contribution in [2.24, 2.45) is 5.73 Å². The first kappa shape index (κ1) is 13.3. The van der Waals surface area contributed by atoms with Crippen LogP contribution in [-0.2, 0) is 4.74 Å². The number of fused-ring (bicyclic) bond motifs is 1. The lowest BCUT2D eigenvalue weighted by Gasteiger charge is -2.28. The van der Waals surface area contributed by atoms with E-state index in [4.69, 9.17) is 10.5 Å². The number of pyridine rings is 1. The molecule has 1 aliphatic rings. The molecule has 0 spiro atoms. The van der Waals surface area contributed by atoms with Gasteiger partial charge in [0.05, 0.1) is 30.6 Å². The maximum absolute atomic E-state index is 5.79. The van der Waals surface area contributed by atoms with Crippen molar-refractivity contribution >= 4 is 16.6 Å². The smallest absolute Gasteiger partial charge is 0.0738 e. The number of rotatable bonds is 3. The molecule has 0 amide bonds. The molecule has 0 radical (unpaired) electrons. The van der Waals surface area contributed by atoms with Crippen molar-refractivity contribution in [3.8, 4) is 0 Å². The largest absolute Gasteiger partial charge is 0.378 e. The first-order valence-electron chi connectivity index (χ1n) is 7.21. The molecule has 0 aliphatic carbocycles. The minimum atomic E-state index is 0.334. The quantitative estimate of drug-likeness (QED) is 0.929. The standard InChI is InChI=1S/C16H21N3O/c1-12(10-17)15-4-2-3-13-9-14(11-18-16(13)15)19-5-7-20-8-6-19/h2-4,9,11-12H,5-8,10,17H2,1H3. The van der Waals surface area contributed by atoms with Crippen LogP contribution in [-0.4, -0.2) is 37.8 Å². The molecule has 1 fully saturated rings. The van der Waals surface area contributed by atoms with Gasteiger partial charge in [-0.1, -0.05) is 25.1 Å². The number of aromatic nitrogens is 1. The van der Waals surface area contributed by atoms with Crippen molar-refractivity contribution in [2.75, 3.05) is 37.7 Å². The van der Waals surface area contributed by atoms with Gasteiger partial charge in [0.25, 0.3) is 0 Å². The number of para-hydroxylation sites is 1. The third kappa shape index (κ3) is 2.49. The van der Waals surface area contributed by atoms with E-state index < -0.39 is 0 Å². The molecule has 106 valence electrons. The molecule has 20 heavy (non-hydrogen) atoms. The second-order valence-electron chi connectivity index (χ2n) is 5.35. The van der Waals surface area contributed by atoms with Crippen molar-refractivity contribution in [1.29, 1.82) is 0 Å². The monoisotopic (exact) mass is 271 g/mol. The Morgan fingerprint density at radius 1 is 1.35 bits per heavy atom. The summed E-state index contributed by atoms with van der Waals surface area (Å²) in [6.45, 7) is 6.25. The van der Waals surface area contributed by atoms with Gasteiger partial charge < -0.3 is 15.4 Å². The van der Waals surface area contributed by atoms with Crippen LogP contribution in [0.15, 0.2) is 30.5 Å². The molecule has 3 rings (SSSR count). The molecule has 2 heterocycles. The predicted octanol–water partition coefficient (Wildman–Crippen LogP) is 2.13. The Morgan fingerprint density at radius 2 is 2.15 bits per heavy atom. The summed E-state index contributed by atoms with van der Waals surface area (Å²) in [5, 5.41) is 1.19. The Kier molecular flexibility index (Phi) is 3.85. The van der Waals surface area contributed by atoms with Crippen molar-refractivity contribution < 1.29 is 4.74 Å². The molecular weight excluding hydrogens is 250 g/mol. The topological polar surface area (TPSA) is 51.4 Å². The molecule has 1 saturated heterocycles. The lowest BCUT2D eigenvalue weighted by molar-refractivity contribution is 0.122. The zero-order chi connectivity index (χ0) is 13.9. The molecule has 1 aromatic carbocycles. The lowest BCUT2D eigenvalue weighted by atomic mass is 9.98. The van der Waals surface area contributed by atoms with E-state index in [2.05, 4.69) is 41.1 Å². The zero-order valence-electron chi connectivity index (χ0n) is 11.9. The van der Waals surface area contributed by atoms with Crippen LogP contribution in [0.25, 0.3) is 10.9 Å². The van der Waals surface area contributed by atoms with Gasteiger partial charge >= 0.3 is 0 Å². The molecule has 1 unspecified atom stereocenters. The van der Waals surface area contributed by atoms with Crippen molar-refractivity contribution in [1.82, 2.24) is 4.98 Å². The van der Waals surface area contributed by atoms with Gasteiger partial charge in [-0.25, -0.2) is 0 Å². The highest BCUT2D eigenvalue weighted by Gasteiger charge is 2.14. The zero-order valence-corrected chi connectivity index (χ0v) is 11.9. The fraction of sp³-hybridized carbons (Fsp3) is 0.438. The maximum Gasteiger partial charge on any atom is 0.0738 e. The molecule has 0 bridgehead atoms. The van der Waals surface area contributed by atoms with Gasteiger partial charge in [0.1, 0.15) is 0 Å². The summed E-state index contributed by atoms with van der Waals surface area (Å²) in [6, 6.07) is 8.56. The third-order valence-corrected chi connectivity index (χ3v) is 3.99. The highest BCUT2D eigenvalue weighted by atomic mass is 16.5. The molecule has 4 nitrogen and oxygen atoms in total. The van der Waals surface area contributed by atoms with Gasteiger partial charge in [0, 0.05) is 18.5 Å². The molecule has 1 aromatic heterocycles. The van der Waals surface area contributed by atoms with Crippen molar-refractivity contribution in [2.45, 2.75) is 12.8 Å². The number of nitrogens with zero attached hydrogens (tertiary/aromatic N) is 2. The molecule has 2 N–H and O–H groups in total. The van der Waals surface area contributed by atoms with E-state index in [1.165, 1.54) is 16.6 Å². The molecular formula is C16H21N3O. The molecule has 2 aromatic rings. The Labute approximate surface area is 119 Å². The van der Waals surface area contributed by atoms with Crippen LogP contribution in [0.2, 0.25) is 0 Å². The second kappa shape index (κ2) is 5.77. The van der Waals surface area contributed by atoms with Gasteiger partial charge in [-0.3, -0.25) is 4.98 Å². The van der Waals surface area contributed by atoms with Crippen LogP contribution in [0, 0.1) is 0 Å². The van der Waals surface area contributed by atoms with E-state index in [9.17, 15) is 0 Å². The van der Waals surface area contributed by atoms with Crippen LogP contribution >= 0.6 is 0 Å². The predicted molar refractivity (Wildman–Crippen MR) is 82.2 cm³/mol. The number of ether oxygens (including phenoxy) is 1. The van der Waals surface area contributed by atoms with Gasteiger partial charge in [-0.15, -0.1) is 0 Å². The summed E-state index contributed by atoms with van der Waals surface area (Å²) in [5.41, 5.74) is 9.28. The van der Waals surface area contributed by atoms with Gasteiger partial charge in [-0.2, -0.15) is 0 Å². The molecule has 4 heteroatoms. The number of morpholine rings is 1. The Bertz CT molecular complexity index is 593. The molecule has 0 saturated carbocycles. The number of hydrogen-bond donors (Lipinski definition) is 1. The summed E-state index contributed by atoms with van der Waals surface area (Å²) >= 11 is 0. The first-order valence-corrected chi connectivity index (χ1v) is 7.21. The Balaban J connectivity index is 1.99. The van der Waals surface area contributed by atoms with E-state index in [0.717, 1.165) is 31.8 Å². The minimum absolute atomic E-state index is 0.334. The lowest BCUT2D eigenvalue weighted by Crippen LogP contribution is -2.36. The van der Waals surface area contributed by atoms with E-state index in [1.807, 2.05) is 6.20 Å². The van der Waals surface area contributed by atoms with Crippen LogP contribution in [0.3, 0.4) is 0 Å². The Hall–Kier alpha value is -1.65. The van der Waals surface area contributed by atoms with E-state index >= 15 is 0 Å². The fourth-order valence-electron chi connectivity index (χ4n) is 2.69. The number of benzene rings is 1. The van der Waals surface area contributed by atoms with Crippen molar-refractivity contribution in [3.05, 3.63) is 36.0 Å². The summed E-state index contributed by atoms with van der Waals surface area (Å²) < 4.78 is 5.40. The average molecular weight is 271 g/mol. The fourth-order valence-corrected chi connectivity index (χ4v) is 2.69.